The zero-order chi connectivity index (χ0) is 13.0. The standard InChI is InChI=1S/C15H13BrF2/c16-13(11-5-2-1-3-6-11)10-9-12-14(17)7-4-8-15(12)18/h1-8,13H,9-10H2. The van der Waals surface area contributed by atoms with E-state index in [0.717, 1.165) is 5.56 Å². The molecule has 1 atom stereocenters. The SMILES string of the molecule is Fc1cccc(F)c1CCC(Br)c1ccccc1. The molecule has 2 rings (SSSR count). The molecule has 2 aromatic carbocycles. The van der Waals surface area contributed by atoms with Gasteiger partial charge in [0.25, 0.3) is 0 Å². The van der Waals surface area contributed by atoms with Crippen LogP contribution in [0.5, 0.6) is 0 Å². The number of hydrogen-bond acceptors (Lipinski definition) is 0. The summed E-state index contributed by atoms with van der Waals surface area (Å²) in [5, 5.41) is 0. The second-order valence-corrected chi connectivity index (χ2v) is 5.22. The van der Waals surface area contributed by atoms with E-state index in [-0.39, 0.29) is 10.4 Å². The minimum Gasteiger partial charge on any atom is -0.207 e. The maximum absolute atomic E-state index is 13.4. The smallest absolute Gasteiger partial charge is 0.129 e. The summed E-state index contributed by atoms with van der Waals surface area (Å²) in [5.41, 5.74) is 1.28. The Labute approximate surface area is 114 Å². The molecule has 0 N–H and O–H groups in total. The monoisotopic (exact) mass is 310 g/mol. The maximum Gasteiger partial charge on any atom is 0.129 e. The average Bonchev–Trinajstić information content (AvgIpc) is 2.39. The molecule has 0 fully saturated rings. The molecule has 0 aliphatic heterocycles. The van der Waals surface area contributed by atoms with Crippen LogP contribution in [0.4, 0.5) is 8.78 Å². The van der Waals surface area contributed by atoms with E-state index in [4.69, 9.17) is 0 Å². The van der Waals surface area contributed by atoms with Crippen LogP contribution in [0.1, 0.15) is 22.4 Å². The zero-order valence-corrected chi connectivity index (χ0v) is 11.3. The molecule has 0 nitrogen and oxygen atoms in total. The first-order valence-corrected chi connectivity index (χ1v) is 6.72. The minimum atomic E-state index is -0.470. The van der Waals surface area contributed by atoms with E-state index < -0.39 is 11.6 Å². The fraction of sp³-hybridized carbons (Fsp3) is 0.200. The van der Waals surface area contributed by atoms with Crippen molar-refractivity contribution in [1.29, 1.82) is 0 Å². The molecule has 0 aromatic heterocycles. The Kier molecular flexibility index (Phi) is 4.48. The molecule has 0 spiro atoms. The van der Waals surface area contributed by atoms with Crippen LogP contribution in [-0.2, 0) is 6.42 Å². The van der Waals surface area contributed by atoms with Crippen LogP contribution >= 0.6 is 15.9 Å². The van der Waals surface area contributed by atoms with E-state index >= 15 is 0 Å². The molecular formula is C15H13BrF2. The molecule has 94 valence electrons. The van der Waals surface area contributed by atoms with Crippen molar-refractivity contribution >= 4 is 15.9 Å². The van der Waals surface area contributed by atoms with Crippen molar-refractivity contribution in [3.05, 3.63) is 71.3 Å². The number of benzene rings is 2. The number of hydrogen-bond donors (Lipinski definition) is 0. The summed E-state index contributed by atoms with van der Waals surface area (Å²) in [7, 11) is 0. The second kappa shape index (κ2) is 6.10. The van der Waals surface area contributed by atoms with Gasteiger partial charge in [0.15, 0.2) is 0 Å². The van der Waals surface area contributed by atoms with Crippen LogP contribution in [0.15, 0.2) is 48.5 Å². The van der Waals surface area contributed by atoms with Crippen LogP contribution in [-0.4, -0.2) is 0 Å². The van der Waals surface area contributed by atoms with E-state index in [1.54, 1.807) is 0 Å². The van der Waals surface area contributed by atoms with Gasteiger partial charge in [-0.25, -0.2) is 8.78 Å². The summed E-state index contributed by atoms with van der Waals surface area (Å²) in [6.45, 7) is 0. The van der Waals surface area contributed by atoms with E-state index in [1.807, 2.05) is 30.3 Å². The lowest BCUT2D eigenvalue weighted by Gasteiger charge is -2.11. The van der Waals surface area contributed by atoms with Crippen molar-refractivity contribution in [3.63, 3.8) is 0 Å². The highest BCUT2D eigenvalue weighted by Crippen LogP contribution is 2.28. The molecule has 0 aliphatic rings. The fourth-order valence-corrected chi connectivity index (χ4v) is 2.40. The maximum atomic E-state index is 13.4. The van der Waals surface area contributed by atoms with Crippen molar-refractivity contribution in [1.82, 2.24) is 0 Å². The highest BCUT2D eigenvalue weighted by atomic mass is 79.9. The normalized spacial score (nSPS) is 12.4. The zero-order valence-electron chi connectivity index (χ0n) is 9.74. The summed E-state index contributed by atoms with van der Waals surface area (Å²) < 4.78 is 26.9. The van der Waals surface area contributed by atoms with Crippen LogP contribution < -0.4 is 0 Å². The largest absolute Gasteiger partial charge is 0.207 e. The Morgan fingerprint density at radius 3 is 2.11 bits per heavy atom. The van der Waals surface area contributed by atoms with Crippen LogP contribution in [0.2, 0.25) is 0 Å². The van der Waals surface area contributed by atoms with Gasteiger partial charge in [0, 0.05) is 10.4 Å². The van der Waals surface area contributed by atoms with Crippen LogP contribution in [0.3, 0.4) is 0 Å². The van der Waals surface area contributed by atoms with Gasteiger partial charge in [-0.05, 0) is 30.5 Å². The summed E-state index contributed by atoms with van der Waals surface area (Å²) in [6.07, 6.45) is 1.03. The van der Waals surface area contributed by atoms with Crippen molar-refractivity contribution in [2.24, 2.45) is 0 Å². The summed E-state index contributed by atoms with van der Waals surface area (Å²) in [6, 6.07) is 13.8. The minimum absolute atomic E-state index is 0.109. The van der Waals surface area contributed by atoms with Crippen molar-refractivity contribution in [3.8, 4) is 0 Å². The molecule has 0 saturated heterocycles. The van der Waals surface area contributed by atoms with Gasteiger partial charge in [-0.1, -0.05) is 52.3 Å². The third kappa shape index (κ3) is 3.16. The highest BCUT2D eigenvalue weighted by molar-refractivity contribution is 9.09. The second-order valence-electron chi connectivity index (χ2n) is 4.12. The Balaban J connectivity index is 2.04. The van der Waals surface area contributed by atoms with E-state index in [9.17, 15) is 8.78 Å². The van der Waals surface area contributed by atoms with Gasteiger partial charge in [0.05, 0.1) is 0 Å². The molecule has 0 amide bonds. The van der Waals surface area contributed by atoms with E-state index in [1.165, 1.54) is 18.2 Å². The lowest BCUT2D eigenvalue weighted by molar-refractivity contribution is 0.549. The van der Waals surface area contributed by atoms with Gasteiger partial charge in [0.2, 0.25) is 0 Å². The molecule has 0 radical (unpaired) electrons. The van der Waals surface area contributed by atoms with Gasteiger partial charge in [-0.2, -0.15) is 0 Å². The number of alkyl halides is 1. The molecule has 18 heavy (non-hydrogen) atoms. The Morgan fingerprint density at radius 2 is 1.50 bits per heavy atom. The van der Waals surface area contributed by atoms with Gasteiger partial charge < -0.3 is 0 Å². The third-order valence-electron chi connectivity index (χ3n) is 2.87. The summed E-state index contributed by atoms with van der Waals surface area (Å²) in [4.78, 5) is 0.109. The molecule has 3 heteroatoms. The van der Waals surface area contributed by atoms with Gasteiger partial charge in [-0.3, -0.25) is 0 Å². The van der Waals surface area contributed by atoms with Gasteiger partial charge >= 0.3 is 0 Å². The van der Waals surface area contributed by atoms with Gasteiger partial charge in [0.1, 0.15) is 11.6 Å². The van der Waals surface area contributed by atoms with Crippen molar-refractivity contribution < 1.29 is 8.78 Å². The number of rotatable bonds is 4. The Bertz CT molecular complexity index is 491. The predicted molar refractivity (Wildman–Crippen MR) is 72.8 cm³/mol. The molecule has 0 heterocycles. The molecule has 2 aromatic rings. The summed E-state index contributed by atoms with van der Waals surface area (Å²) >= 11 is 3.55. The molecule has 0 saturated carbocycles. The van der Waals surface area contributed by atoms with Crippen molar-refractivity contribution in [2.75, 3.05) is 0 Å². The Hall–Kier alpha value is -1.22. The van der Waals surface area contributed by atoms with E-state index in [2.05, 4.69) is 15.9 Å². The molecule has 0 bridgehead atoms. The number of halogens is 3. The first kappa shape index (κ1) is 13.2. The lowest BCUT2D eigenvalue weighted by atomic mass is 10.0. The topological polar surface area (TPSA) is 0 Å². The van der Waals surface area contributed by atoms with Crippen LogP contribution in [0, 0.1) is 11.6 Å². The molecular weight excluding hydrogens is 298 g/mol. The quantitative estimate of drug-likeness (QED) is 0.694. The molecule has 0 aliphatic carbocycles. The van der Waals surface area contributed by atoms with Gasteiger partial charge in [-0.15, -0.1) is 0 Å². The summed E-state index contributed by atoms with van der Waals surface area (Å²) in [5.74, 6) is -0.939. The van der Waals surface area contributed by atoms with Crippen LogP contribution in [0.25, 0.3) is 0 Å². The lowest BCUT2D eigenvalue weighted by Crippen LogP contribution is -1.99. The third-order valence-corrected chi connectivity index (χ3v) is 3.86. The fourth-order valence-electron chi connectivity index (χ4n) is 1.87. The van der Waals surface area contributed by atoms with Crippen molar-refractivity contribution in [2.45, 2.75) is 17.7 Å². The Morgan fingerprint density at radius 1 is 0.889 bits per heavy atom. The first-order valence-electron chi connectivity index (χ1n) is 5.80. The molecule has 1 unspecified atom stereocenters. The van der Waals surface area contributed by atoms with E-state index in [0.29, 0.717) is 12.8 Å². The average molecular weight is 311 g/mol. The first-order chi connectivity index (χ1) is 8.68. The highest BCUT2D eigenvalue weighted by Gasteiger charge is 2.12. The predicted octanol–water partition coefficient (Wildman–Crippen LogP) is 5.03.